The third-order valence-electron chi connectivity index (χ3n) is 2.71. The van der Waals surface area contributed by atoms with Crippen LogP contribution in [0.25, 0.3) is 0 Å². The third-order valence-corrected chi connectivity index (χ3v) is 3.60. The monoisotopic (exact) mass is 269 g/mol. The van der Waals surface area contributed by atoms with Crippen LogP contribution in [-0.4, -0.2) is 24.0 Å². The molecule has 5 heteroatoms. The summed E-state index contributed by atoms with van der Waals surface area (Å²) in [7, 11) is 0. The van der Waals surface area contributed by atoms with Crippen molar-refractivity contribution in [3.63, 3.8) is 0 Å². The van der Waals surface area contributed by atoms with Gasteiger partial charge in [-0.3, -0.25) is 10.1 Å². The molecular formula is C13H23N3OS. The van der Waals surface area contributed by atoms with Gasteiger partial charge in [0.2, 0.25) is 5.91 Å². The van der Waals surface area contributed by atoms with E-state index in [4.69, 9.17) is 0 Å². The molecule has 1 aromatic heterocycles. The van der Waals surface area contributed by atoms with E-state index in [9.17, 15) is 4.79 Å². The van der Waals surface area contributed by atoms with Gasteiger partial charge in [-0.15, -0.1) is 11.3 Å². The zero-order chi connectivity index (χ0) is 13.4. The Labute approximate surface area is 113 Å². The lowest BCUT2D eigenvalue weighted by molar-refractivity contribution is -0.120. The molecule has 0 aliphatic heterocycles. The van der Waals surface area contributed by atoms with Crippen LogP contribution >= 0.6 is 11.3 Å². The number of carbonyl (C=O) groups is 1. The van der Waals surface area contributed by atoms with Crippen LogP contribution in [0.5, 0.6) is 0 Å². The van der Waals surface area contributed by atoms with Gasteiger partial charge in [0.15, 0.2) is 0 Å². The topological polar surface area (TPSA) is 54.0 Å². The minimum absolute atomic E-state index is 0.0608. The van der Waals surface area contributed by atoms with Gasteiger partial charge >= 0.3 is 0 Å². The number of nitrogens with one attached hydrogen (secondary N) is 2. The molecule has 0 spiro atoms. The van der Waals surface area contributed by atoms with Crippen LogP contribution in [0.3, 0.4) is 0 Å². The van der Waals surface area contributed by atoms with Gasteiger partial charge in [-0.2, -0.15) is 0 Å². The number of carbonyl (C=O) groups excluding carboxylic acids is 1. The Bertz CT molecular complexity index is 338. The predicted molar refractivity (Wildman–Crippen MR) is 75.6 cm³/mol. The maximum atomic E-state index is 11.6. The van der Waals surface area contributed by atoms with E-state index in [-0.39, 0.29) is 11.9 Å². The first kappa shape index (κ1) is 15.1. The van der Waals surface area contributed by atoms with E-state index in [1.807, 2.05) is 5.38 Å². The molecule has 1 atom stereocenters. The van der Waals surface area contributed by atoms with E-state index in [0.717, 1.165) is 24.4 Å². The fraction of sp³-hybridized carbons (Fsp3) is 0.692. The van der Waals surface area contributed by atoms with Crippen molar-refractivity contribution in [2.24, 2.45) is 5.92 Å². The molecule has 1 heterocycles. The summed E-state index contributed by atoms with van der Waals surface area (Å²) in [6, 6.07) is 0.181. The number of thiazole rings is 1. The second-order valence-electron chi connectivity index (χ2n) is 4.74. The molecule has 0 saturated heterocycles. The maximum absolute atomic E-state index is 11.6. The second-order valence-corrected chi connectivity index (χ2v) is 5.67. The average molecular weight is 269 g/mol. The van der Waals surface area contributed by atoms with E-state index in [1.165, 1.54) is 0 Å². The SMILES string of the molecule is CCC(NCC(=O)NCCC(C)C)c1nccs1. The molecule has 0 aromatic carbocycles. The van der Waals surface area contributed by atoms with Crippen molar-refractivity contribution in [2.75, 3.05) is 13.1 Å². The van der Waals surface area contributed by atoms with Gasteiger partial charge in [-0.05, 0) is 18.8 Å². The summed E-state index contributed by atoms with van der Waals surface area (Å²) in [6.45, 7) is 7.51. The van der Waals surface area contributed by atoms with Crippen molar-refractivity contribution in [2.45, 2.75) is 39.7 Å². The Morgan fingerprint density at radius 1 is 1.50 bits per heavy atom. The lowest BCUT2D eigenvalue weighted by Crippen LogP contribution is -2.36. The van der Waals surface area contributed by atoms with Gasteiger partial charge in [0, 0.05) is 18.1 Å². The minimum atomic E-state index is 0.0608. The normalized spacial score (nSPS) is 12.7. The van der Waals surface area contributed by atoms with Gasteiger partial charge < -0.3 is 5.32 Å². The van der Waals surface area contributed by atoms with Crippen molar-refractivity contribution < 1.29 is 4.79 Å². The Morgan fingerprint density at radius 3 is 2.83 bits per heavy atom. The number of amides is 1. The zero-order valence-electron chi connectivity index (χ0n) is 11.4. The van der Waals surface area contributed by atoms with Crippen LogP contribution in [0.1, 0.15) is 44.7 Å². The standard InChI is InChI=1S/C13H23N3OS/c1-4-11(13-15-7-8-18-13)16-9-12(17)14-6-5-10(2)3/h7-8,10-11,16H,4-6,9H2,1-3H3,(H,14,17). The Balaban J connectivity index is 2.24. The van der Waals surface area contributed by atoms with Gasteiger partial charge in [0.25, 0.3) is 0 Å². The van der Waals surface area contributed by atoms with Crippen molar-refractivity contribution in [3.8, 4) is 0 Å². The molecule has 0 fully saturated rings. The summed E-state index contributed by atoms with van der Waals surface area (Å²) in [4.78, 5) is 15.9. The highest BCUT2D eigenvalue weighted by atomic mass is 32.1. The van der Waals surface area contributed by atoms with Crippen LogP contribution in [0, 0.1) is 5.92 Å². The number of hydrogen-bond acceptors (Lipinski definition) is 4. The molecule has 0 radical (unpaired) electrons. The summed E-state index contributed by atoms with van der Waals surface area (Å²) in [6.07, 6.45) is 3.76. The Kier molecular flexibility index (Phi) is 6.90. The van der Waals surface area contributed by atoms with E-state index >= 15 is 0 Å². The molecule has 18 heavy (non-hydrogen) atoms. The number of aromatic nitrogens is 1. The van der Waals surface area contributed by atoms with Crippen LogP contribution in [-0.2, 0) is 4.79 Å². The summed E-state index contributed by atoms with van der Waals surface area (Å²) in [5.41, 5.74) is 0. The lowest BCUT2D eigenvalue weighted by atomic mass is 10.1. The molecule has 1 rings (SSSR count). The van der Waals surface area contributed by atoms with Crippen molar-refractivity contribution in [3.05, 3.63) is 16.6 Å². The molecule has 0 aliphatic carbocycles. The van der Waals surface area contributed by atoms with Gasteiger partial charge in [-0.25, -0.2) is 4.98 Å². The van der Waals surface area contributed by atoms with Crippen LogP contribution in [0.2, 0.25) is 0 Å². The van der Waals surface area contributed by atoms with Gasteiger partial charge in [-0.1, -0.05) is 20.8 Å². The first-order valence-electron chi connectivity index (χ1n) is 6.53. The highest BCUT2D eigenvalue weighted by Crippen LogP contribution is 2.18. The van der Waals surface area contributed by atoms with Gasteiger partial charge in [0.05, 0.1) is 12.6 Å². The Morgan fingerprint density at radius 2 is 2.28 bits per heavy atom. The first-order chi connectivity index (χ1) is 8.63. The summed E-state index contributed by atoms with van der Waals surface area (Å²) < 4.78 is 0. The number of hydrogen-bond donors (Lipinski definition) is 2. The smallest absolute Gasteiger partial charge is 0.233 e. The molecule has 102 valence electrons. The van der Waals surface area contributed by atoms with Crippen LogP contribution in [0.15, 0.2) is 11.6 Å². The summed E-state index contributed by atoms with van der Waals surface area (Å²) in [5.74, 6) is 0.683. The molecule has 4 nitrogen and oxygen atoms in total. The zero-order valence-corrected chi connectivity index (χ0v) is 12.2. The molecule has 0 aliphatic rings. The van der Waals surface area contributed by atoms with Crippen LogP contribution in [0.4, 0.5) is 0 Å². The number of nitrogens with zero attached hydrogens (tertiary/aromatic N) is 1. The molecule has 0 bridgehead atoms. The largest absolute Gasteiger partial charge is 0.355 e. The minimum Gasteiger partial charge on any atom is -0.355 e. The summed E-state index contributed by atoms with van der Waals surface area (Å²) >= 11 is 1.62. The summed E-state index contributed by atoms with van der Waals surface area (Å²) in [5, 5.41) is 9.18. The van der Waals surface area contributed by atoms with E-state index in [0.29, 0.717) is 12.5 Å². The fourth-order valence-corrected chi connectivity index (χ4v) is 2.39. The molecule has 2 N–H and O–H groups in total. The second kappa shape index (κ2) is 8.21. The lowest BCUT2D eigenvalue weighted by Gasteiger charge is -2.14. The highest BCUT2D eigenvalue weighted by molar-refractivity contribution is 7.09. The molecule has 1 aromatic rings. The Hall–Kier alpha value is -0.940. The quantitative estimate of drug-likeness (QED) is 0.761. The number of rotatable bonds is 8. The molecule has 1 unspecified atom stereocenters. The molecule has 0 saturated carbocycles. The van der Waals surface area contributed by atoms with E-state index in [2.05, 4.69) is 36.4 Å². The van der Waals surface area contributed by atoms with Gasteiger partial charge in [0.1, 0.15) is 5.01 Å². The van der Waals surface area contributed by atoms with E-state index in [1.54, 1.807) is 17.5 Å². The predicted octanol–water partition coefficient (Wildman–Crippen LogP) is 2.35. The molecule has 1 amide bonds. The van der Waals surface area contributed by atoms with E-state index < -0.39 is 0 Å². The average Bonchev–Trinajstić information content (AvgIpc) is 2.83. The van der Waals surface area contributed by atoms with Crippen LogP contribution < -0.4 is 10.6 Å². The first-order valence-corrected chi connectivity index (χ1v) is 7.41. The highest BCUT2D eigenvalue weighted by Gasteiger charge is 2.12. The van der Waals surface area contributed by atoms with Crippen molar-refractivity contribution in [1.29, 1.82) is 0 Å². The van der Waals surface area contributed by atoms with Crippen molar-refractivity contribution >= 4 is 17.2 Å². The fourth-order valence-electron chi connectivity index (χ4n) is 1.59. The molecular weight excluding hydrogens is 246 g/mol. The third kappa shape index (κ3) is 5.60. The van der Waals surface area contributed by atoms with Crippen molar-refractivity contribution in [1.82, 2.24) is 15.6 Å². The maximum Gasteiger partial charge on any atom is 0.233 e.